The van der Waals surface area contributed by atoms with Crippen LogP contribution < -0.4 is 5.32 Å². The quantitative estimate of drug-likeness (QED) is 0.423. The molecule has 0 aromatic heterocycles. The van der Waals surface area contributed by atoms with E-state index in [1.807, 2.05) is 0 Å². The van der Waals surface area contributed by atoms with Crippen molar-refractivity contribution in [2.75, 3.05) is 32.7 Å². The maximum Gasteiger partial charge on any atom is 0.0110 e. The summed E-state index contributed by atoms with van der Waals surface area (Å²) < 4.78 is 0. The van der Waals surface area contributed by atoms with Crippen LogP contribution in [0.15, 0.2) is 0 Å². The summed E-state index contributed by atoms with van der Waals surface area (Å²) in [6.45, 7) is 8.43. The van der Waals surface area contributed by atoms with E-state index in [4.69, 9.17) is 0 Å². The Morgan fingerprint density at radius 1 is 1.44 bits per heavy atom. The molecule has 0 aliphatic carbocycles. The Balaban J connectivity index is 1.71. The highest BCUT2D eigenvalue weighted by molar-refractivity contribution is 4.71. The van der Waals surface area contributed by atoms with Crippen LogP contribution in [0.25, 0.3) is 0 Å². The fraction of sp³-hybridized carbons (Fsp3) is 1.00. The first-order valence-electron chi connectivity index (χ1n) is 3.86. The van der Waals surface area contributed by atoms with Crippen molar-refractivity contribution in [2.24, 2.45) is 0 Å². The minimum absolute atomic E-state index is 1.11. The largest absolute Gasteiger partial charge is 0.317 e. The molecular formula is C7H16N2. The summed E-state index contributed by atoms with van der Waals surface area (Å²) in [4.78, 5) is 2.46. The number of nitrogens with zero attached hydrogens (tertiary/aromatic N) is 1. The maximum atomic E-state index is 3.30. The molecule has 0 bridgehead atoms. The predicted octanol–water partition coefficient (Wildman–Crippen LogP) is 0.302. The third kappa shape index (κ3) is 3.49. The third-order valence-corrected chi connectivity index (χ3v) is 1.62. The Bertz CT molecular complexity index is 69.3. The Hall–Kier alpha value is -0.0800. The number of rotatable bonds is 5. The molecule has 0 saturated carbocycles. The van der Waals surface area contributed by atoms with Gasteiger partial charge >= 0.3 is 0 Å². The maximum absolute atomic E-state index is 3.30. The predicted molar refractivity (Wildman–Crippen MR) is 39.6 cm³/mol. The van der Waals surface area contributed by atoms with Crippen molar-refractivity contribution in [1.29, 1.82) is 0 Å². The summed E-state index contributed by atoms with van der Waals surface area (Å²) in [7, 11) is 0. The Morgan fingerprint density at radius 2 is 2.22 bits per heavy atom. The molecule has 1 aliphatic rings. The second-order valence-corrected chi connectivity index (χ2v) is 2.55. The van der Waals surface area contributed by atoms with E-state index in [-0.39, 0.29) is 0 Å². The summed E-state index contributed by atoms with van der Waals surface area (Å²) >= 11 is 0. The van der Waals surface area contributed by atoms with Gasteiger partial charge in [-0.25, -0.2) is 0 Å². The van der Waals surface area contributed by atoms with E-state index >= 15 is 0 Å². The molecule has 9 heavy (non-hydrogen) atoms. The average Bonchev–Trinajstić information content (AvgIpc) is 2.63. The van der Waals surface area contributed by atoms with Gasteiger partial charge in [-0.05, 0) is 26.1 Å². The molecule has 1 aliphatic heterocycles. The lowest BCUT2D eigenvalue weighted by molar-refractivity contribution is 0.517. The molecule has 0 aromatic carbocycles. The van der Waals surface area contributed by atoms with Gasteiger partial charge in [-0.2, -0.15) is 0 Å². The summed E-state index contributed by atoms with van der Waals surface area (Å²) in [6, 6.07) is 0. The van der Waals surface area contributed by atoms with Crippen LogP contribution in [0.3, 0.4) is 0 Å². The molecule has 0 atom stereocenters. The minimum Gasteiger partial charge on any atom is -0.317 e. The highest BCUT2D eigenvalue weighted by Crippen LogP contribution is 2.02. The third-order valence-electron chi connectivity index (χ3n) is 1.62. The Labute approximate surface area is 57.2 Å². The highest BCUT2D eigenvalue weighted by atomic mass is 15.2. The molecule has 0 radical (unpaired) electrons. The van der Waals surface area contributed by atoms with Gasteiger partial charge in [-0.3, -0.25) is 0 Å². The average molecular weight is 128 g/mol. The van der Waals surface area contributed by atoms with Gasteiger partial charge < -0.3 is 10.2 Å². The molecule has 2 heteroatoms. The summed E-state index contributed by atoms with van der Waals surface area (Å²) in [6.07, 6.45) is 1.31. The molecule has 0 unspecified atom stereocenters. The first-order chi connectivity index (χ1) is 4.43. The topological polar surface area (TPSA) is 15.0 Å². The van der Waals surface area contributed by atoms with Crippen LogP contribution in [0, 0.1) is 0 Å². The fourth-order valence-electron chi connectivity index (χ4n) is 0.899. The van der Waals surface area contributed by atoms with Gasteiger partial charge in [0.1, 0.15) is 0 Å². The highest BCUT2D eigenvalue weighted by Gasteiger charge is 2.14. The summed E-state index contributed by atoms with van der Waals surface area (Å²) in [5, 5.41) is 3.30. The normalized spacial score (nSPS) is 18.3. The molecule has 1 rings (SSSR count). The number of nitrogens with one attached hydrogen (secondary N) is 1. The second-order valence-electron chi connectivity index (χ2n) is 2.55. The van der Waals surface area contributed by atoms with Crippen LogP contribution in [0.5, 0.6) is 0 Å². The lowest BCUT2D eigenvalue weighted by atomic mass is 10.4. The van der Waals surface area contributed by atoms with Gasteiger partial charge in [0.05, 0.1) is 0 Å². The van der Waals surface area contributed by atoms with Crippen LogP contribution >= 0.6 is 0 Å². The molecule has 54 valence electrons. The molecule has 1 saturated heterocycles. The van der Waals surface area contributed by atoms with Crippen molar-refractivity contribution in [3.8, 4) is 0 Å². The van der Waals surface area contributed by atoms with Gasteiger partial charge in [-0.15, -0.1) is 0 Å². The monoisotopic (exact) mass is 128 g/mol. The minimum atomic E-state index is 1.11. The standard InChI is InChI=1S/C7H16N2/c1-2-8-4-3-5-9-6-7-9/h8H,2-7H2,1H3. The summed E-state index contributed by atoms with van der Waals surface area (Å²) in [5.74, 6) is 0. The molecule has 1 heterocycles. The number of hydrogen-bond acceptors (Lipinski definition) is 2. The number of hydrogen-bond donors (Lipinski definition) is 1. The molecule has 1 N–H and O–H groups in total. The van der Waals surface area contributed by atoms with Crippen LogP contribution in [0.4, 0.5) is 0 Å². The van der Waals surface area contributed by atoms with E-state index in [1.165, 1.54) is 32.6 Å². The smallest absolute Gasteiger partial charge is 0.0110 e. The molecule has 0 aromatic rings. The zero-order valence-electron chi connectivity index (χ0n) is 6.19. The second kappa shape index (κ2) is 3.85. The van der Waals surface area contributed by atoms with E-state index in [2.05, 4.69) is 17.1 Å². The van der Waals surface area contributed by atoms with E-state index in [1.54, 1.807) is 0 Å². The van der Waals surface area contributed by atoms with Gasteiger partial charge in [0.25, 0.3) is 0 Å². The molecule has 1 fully saturated rings. The van der Waals surface area contributed by atoms with Crippen molar-refractivity contribution < 1.29 is 0 Å². The van der Waals surface area contributed by atoms with Crippen LogP contribution in [-0.4, -0.2) is 37.6 Å². The van der Waals surface area contributed by atoms with Crippen LogP contribution in [-0.2, 0) is 0 Å². The molecule has 0 amide bonds. The zero-order chi connectivity index (χ0) is 6.53. The van der Waals surface area contributed by atoms with Gasteiger partial charge in [-0.1, -0.05) is 6.92 Å². The molecular weight excluding hydrogens is 112 g/mol. The molecule has 2 nitrogen and oxygen atoms in total. The van der Waals surface area contributed by atoms with Crippen molar-refractivity contribution >= 4 is 0 Å². The fourth-order valence-corrected chi connectivity index (χ4v) is 0.899. The zero-order valence-corrected chi connectivity index (χ0v) is 6.19. The van der Waals surface area contributed by atoms with E-state index in [0.717, 1.165) is 6.54 Å². The lowest BCUT2D eigenvalue weighted by Crippen LogP contribution is -2.16. The molecule has 0 spiro atoms. The lowest BCUT2D eigenvalue weighted by Gasteiger charge is -2.00. The van der Waals surface area contributed by atoms with Gasteiger partial charge in [0, 0.05) is 13.1 Å². The van der Waals surface area contributed by atoms with Gasteiger partial charge in [0.15, 0.2) is 0 Å². The van der Waals surface area contributed by atoms with Crippen molar-refractivity contribution in [3.05, 3.63) is 0 Å². The van der Waals surface area contributed by atoms with E-state index < -0.39 is 0 Å². The van der Waals surface area contributed by atoms with Crippen LogP contribution in [0.1, 0.15) is 13.3 Å². The Morgan fingerprint density at radius 3 is 2.78 bits per heavy atom. The van der Waals surface area contributed by atoms with Crippen LogP contribution in [0.2, 0.25) is 0 Å². The SMILES string of the molecule is CCNCCCN1CC1. The van der Waals surface area contributed by atoms with Gasteiger partial charge in [0.2, 0.25) is 0 Å². The van der Waals surface area contributed by atoms with E-state index in [9.17, 15) is 0 Å². The summed E-state index contributed by atoms with van der Waals surface area (Å²) in [5.41, 5.74) is 0. The first kappa shape index (κ1) is 7.03. The van der Waals surface area contributed by atoms with E-state index in [0.29, 0.717) is 0 Å². The van der Waals surface area contributed by atoms with Crippen molar-refractivity contribution in [3.63, 3.8) is 0 Å². The van der Waals surface area contributed by atoms with Crippen molar-refractivity contribution in [1.82, 2.24) is 10.2 Å². The first-order valence-corrected chi connectivity index (χ1v) is 3.86. The van der Waals surface area contributed by atoms with Crippen molar-refractivity contribution in [2.45, 2.75) is 13.3 Å². The Kier molecular flexibility index (Phi) is 3.01.